The summed E-state index contributed by atoms with van der Waals surface area (Å²) in [6.07, 6.45) is 12.6. The monoisotopic (exact) mass is 590 g/mol. The van der Waals surface area contributed by atoms with Crippen LogP contribution in [0.25, 0.3) is 11.1 Å². The Bertz CT molecular complexity index is 966. The first-order chi connectivity index (χ1) is 15.1. The van der Waals surface area contributed by atoms with Gasteiger partial charge < -0.3 is 29.2 Å². The van der Waals surface area contributed by atoms with Gasteiger partial charge in [0, 0.05) is 17.9 Å². The summed E-state index contributed by atoms with van der Waals surface area (Å²) in [7, 11) is -1.51. The largest absolute Gasteiger partial charge is 2.00 e. The molecule has 1 nitrogen and oxygen atoms in total. The van der Waals surface area contributed by atoms with Crippen LogP contribution in [0.2, 0.25) is 18.1 Å². The molecule has 0 spiro atoms. The smallest absolute Gasteiger partial charge is 1.00 e. The molecule has 2 aliphatic carbocycles. The molecule has 0 aromatic heterocycles. The van der Waals surface area contributed by atoms with Crippen LogP contribution in [-0.2, 0) is 42.5 Å². The number of hydrogen-bond donors (Lipinski definition) is 0. The van der Waals surface area contributed by atoms with Crippen LogP contribution in [0.4, 0.5) is 0 Å². The molecule has 0 saturated carbocycles. The zero-order chi connectivity index (χ0) is 21.9. The average molecular weight is 593 g/mol. The van der Waals surface area contributed by atoms with E-state index < -0.39 is 8.32 Å². The summed E-state index contributed by atoms with van der Waals surface area (Å²) < 4.78 is 6.62. The molecule has 0 amide bonds. The van der Waals surface area contributed by atoms with Crippen LogP contribution in [-0.4, -0.2) is 14.9 Å². The van der Waals surface area contributed by atoms with Crippen molar-refractivity contribution in [2.45, 2.75) is 70.5 Å². The fourth-order valence-corrected chi connectivity index (χ4v) is 8.50. The van der Waals surface area contributed by atoms with E-state index in [0.29, 0.717) is 5.92 Å². The molecule has 2 aromatic carbocycles. The fourth-order valence-electron chi connectivity index (χ4n) is 5.81. The van der Waals surface area contributed by atoms with E-state index in [2.05, 4.69) is 94.5 Å². The maximum atomic E-state index is 6.62. The van der Waals surface area contributed by atoms with Gasteiger partial charge in [0.25, 0.3) is 0 Å². The number of halogens is 2. The molecule has 0 bridgehead atoms. The summed E-state index contributed by atoms with van der Waals surface area (Å²) in [5, 5.41) is 0. The molecular formula is C29H38Cl2OSiZr. The Balaban J connectivity index is 0.00000193. The maximum Gasteiger partial charge on any atom is 2.00 e. The van der Waals surface area contributed by atoms with E-state index in [1.807, 2.05) is 0 Å². The zero-order valence-corrected chi connectivity index (χ0v) is 26.0. The van der Waals surface area contributed by atoms with Gasteiger partial charge in [0.1, 0.15) is 0 Å². The third-order valence-corrected chi connectivity index (χ3v) is 12.8. The van der Waals surface area contributed by atoms with Gasteiger partial charge in [0.05, 0.1) is 0 Å². The minimum Gasteiger partial charge on any atom is -1.00 e. The molecule has 0 aliphatic heterocycles. The standard InChI is InChI=1S/C29H38OSi.2ClH.Zr/c1-5-31(6-2,7-3)30-21-13-20-29(4,24-15-9-10-16-24)28-19-12-18-26-25-17-11-8-14-23(25)22-27(26)28;;;/h8-12,14-19,24H,5-7,13,20-22H2,1-4H3;2*1H;/q;;;+2/p-2. The Morgan fingerprint density at radius 2 is 1.50 bits per heavy atom. The molecule has 1 atom stereocenters. The van der Waals surface area contributed by atoms with Gasteiger partial charge in [-0.05, 0) is 65.2 Å². The first kappa shape index (κ1) is 31.6. The molecule has 2 aliphatic rings. The van der Waals surface area contributed by atoms with Gasteiger partial charge in [-0.15, -0.1) is 0 Å². The van der Waals surface area contributed by atoms with E-state index in [1.165, 1.54) is 40.4 Å². The summed E-state index contributed by atoms with van der Waals surface area (Å²) in [4.78, 5) is 0. The molecule has 4 rings (SSSR count). The minimum atomic E-state index is -1.51. The second kappa shape index (κ2) is 13.8. The van der Waals surface area contributed by atoms with Crippen molar-refractivity contribution in [3.8, 4) is 11.1 Å². The summed E-state index contributed by atoms with van der Waals surface area (Å²) in [5.41, 5.74) is 7.50. The third kappa shape index (κ3) is 6.09. The number of benzene rings is 2. The van der Waals surface area contributed by atoms with Crippen molar-refractivity contribution < 1.29 is 55.4 Å². The van der Waals surface area contributed by atoms with E-state index in [9.17, 15) is 0 Å². The van der Waals surface area contributed by atoms with Gasteiger partial charge in [-0.25, -0.2) is 0 Å². The van der Waals surface area contributed by atoms with Crippen LogP contribution in [0.3, 0.4) is 0 Å². The zero-order valence-electron chi connectivity index (χ0n) is 21.0. The number of fused-ring (bicyclic) bond motifs is 3. The van der Waals surface area contributed by atoms with Gasteiger partial charge in [0.2, 0.25) is 0 Å². The number of allylic oxidation sites excluding steroid dienone is 4. The topological polar surface area (TPSA) is 9.23 Å². The van der Waals surface area contributed by atoms with Crippen molar-refractivity contribution in [2.75, 3.05) is 6.61 Å². The molecule has 0 radical (unpaired) electrons. The molecule has 182 valence electrons. The third-order valence-electron chi connectivity index (χ3n) is 8.13. The van der Waals surface area contributed by atoms with Crippen LogP contribution >= 0.6 is 0 Å². The van der Waals surface area contributed by atoms with Crippen molar-refractivity contribution >= 4 is 8.32 Å². The van der Waals surface area contributed by atoms with Crippen molar-refractivity contribution in [1.29, 1.82) is 0 Å². The normalized spacial score (nSPS) is 15.5. The Morgan fingerprint density at radius 1 is 0.882 bits per heavy atom. The molecule has 0 N–H and O–H groups in total. The van der Waals surface area contributed by atoms with E-state index >= 15 is 0 Å². The molecule has 1 unspecified atom stereocenters. The van der Waals surface area contributed by atoms with Gasteiger partial charge in [-0.3, -0.25) is 0 Å². The molecule has 34 heavy (non-hydrogen) atoms. The van der Waals surface area contributed by atoms with Crippen LogP contribution < -0.4 is 24.8 Å². The van der Waals surface area contributed by atoms with E-state index in [0.717, 1.165) is 25.9 Å². The number of hydrogen-bond acceptors (Lipinski definition) is 1. The molecule has 0 saturated heterocycles. The predicted molar refractivity (Wildman–Crippen MR) is 136 cm³/mol. The first-order valence-corrected chi connectivity index (χ1v) is 14.8. The Hall–Kier alpha value is -0.440. The Morgan fingerprint density at radius 3 is 2.15 bits per heavy atom. The quantitative estimate of drug-likeness (QED) is 0.259. The average Bonchev–Trinajstić information content (AvgIpc) is 3.48. The van der Waals surface area contributed by atoms with Crippen molar-refractivity contribution in [3.63, 3.8) is 0 Å². The molecule has 5 heteroatoms. The summed E-state index contributed by atoms with van der Waals surface area (Å²) in [6, 6.07) is 19.6. The summed E-state index contributed by atoms with van der Waals surface area (Å²) in [6.45, 7) is 10.4. The second-order valence-corrected chi connectivity index (χ2v) is 14.4. The van der Waals surface area contributed by atoms with Crippen LogP contribution in [0, 0.1) is 5.92 Å². The van der Waals surface area contributed by atoms with Gasteiger partial charge >= 0.3 is 26.2 Å². The van der Waals surface area contributed by atoms with E-state index in [4.69, 9.17) is 4.43 Å². The predicted octanol–water partition coefficient (Wildman–Crippen LogP) is 2.07. The molecule has 2 aromatic rings. The van der Waals surface area contributed by atoms with Crippen LogP contribution in [0.15, 0.2) is 66.8 Å². The van der Waals surface area contributed by atoms with E-state index in [-0.39, 0.29) is 56.4 Å². The minimum absolute atomic E-state index is 0. The fraction of sp³-hybridized carbons (Fsp3) is 0.448. The SMILES string of the molecule is CC[Si](CC)(CC)OCCCC(C)(c1cccc2c1Cc1ccccc1-2)C1C=CC=C1.[Cl-].[Cl-].[Zr+2]. The second-order valence-electron chi connectivity index (χ2n) is 9.57. The van der Waals surface area contributed by atoms with Crippen molar-refractivity contribution in [1.82, 2.24) is 0 Å². The Kier molecular flexibility index (Phi) is 12.8. The summed E-state index contributed by atoms with van der Waals surface area (Å²) in [5.74, 6) is 0.452. The number of rotatable bonds is 10. The van der Waals surface area contributed by atoms with Crippen molar-refractivity contribution in [2.24, 2.45) is 5.92 Å². The van der Waals surface area contributed by atoms with E-state index in [1.54, 1.807) is 5.56 Å². The van der Waals surface area contributed by atoms with Gasteiger partial charge in [0.15, 0.2) is 8.32 Å². The molecular weight excluding hydrogens is 555 g/mol. The summed E-state index contributed by atoms with van der Waals surface area (Å²) >= 11 is 0. The van der Waals surface area contributed by atoms with Gasteiger partial charge in [-0.1, -0.05) is 94.5 Å². The molecule has 0 fully saturated rings. The van der Waals surface area contributed by atoms with Gasteiger partial charge in [-0.2, -0.15) is 0 Å². The van der Waals surface area contributed by atoms with Crippen molar-refractivity contribution in [3.05, 3.63) is 83.5 Å². The molecule has 0 heterocycles. The first-order valence-electron chi connectivity index (χ1n) is 12.3. The Labute approximate surface area is 239 Å². The van der Waals surface area contributed by atoms with Crippen LogP contribution in [0.5, 0.6) is 0 Å². The van der Waals surface area contributed by atoms with Crippen LogP contribution in [0.1, 0.15) is 57.2 Å². The maximum absolute atomic E-state index is 6.62.